The van der Waals surface area contributed by atoms with Crippen LogP contribution in [0.25, 0.3) is 0 Å². The molecule has 4 heteroatoms. The van der Waals surface area contributed by atoms with Gasteiger partial charge in [0.15, 0.2) is 0 Å². The van der Waals surface area contributed by atoms with E-state index in [2.05, 4.69) is 31.0 Å². The summed E-state index contributed by atoms with van der Waals surface area (Å²) >= 11 is 0. The molecular formula is C16H24F2N2. The maximum Gasteiger partial charge on any atom is 0.126 e. The molecule has 0 bridgehead atoms. The van der Waals surface area contributed by atoms with E-state index in [1.807, 2.05) is 0 Å². The normalized spacial score (nSPS) is 24.9. The monoisotopic (exact) mass is 282 g/mol. The van der Waals surface area contributed by atoms with Crippen molar-refractivity contribution >= 4 is 0 Å². The van der Waals surface area contributed by atoms with Crippen molar-refractivity contribution in [1.82, 2.24) is 10.2 Å². The summed E-state index contributed by atoms with van der Waals surface area (Å²) in [5.74, 6) is -0.450. The summed E-state index contributed by atoms with van der Waals surface area (Å²) in [7, 11) is 0. The summed E-state index contributed by atoms with van der Waals surface area (Å²) in [4.78, 5) is 2.32. The van der Waals surface area contributed by atoms with Crippen molar-refractivity contribution in [3.63, 3.8) is 0 Å². The molecule has 1 aliphatic rings. The number of halogens is 2. The van der Waals surface area contributed by atoms with E-state index in [0.29, 0.717) is 30.1 Å². The highest BCUT2D eigenvalue weighted by Crippen LogP contribution is 2.18. The van der Waals surface area contributed by atoms with E-state index < -0.39 is 11.6 Å². The summed E-state index contributed by atoms with van der Waals surface area (Å²) in [6, 6.07) is 4.63. The maximum atomic E-state index is 13.3. The first-order chi connectivity index (χ1) is 9.45. The molecule has 0 aliphatic carbocycles. The highest BCUT2D eigenvalue weighted by atomic mass is 19.1. The molecule has 0 spiro atoms. The molecule has 1 fully saturated rings. The van der Waals surface area contributed by atoms with E-state index >= 15 is 0 Å². The Balaban J connectivity index is 2.11. The Kier molecular flexibility index (Phi) is 5.11. The van der Waals surface area contributed by atoms with Crippen molar-refractivity contribution in [3.05, 3.63) is 35.4 Å². The average molecular weight is 282 g/mol. The second-order valence-corrected chi connectivity index (χ2v) is 6.15. The van der Waals surface area contributed by atoms with Gasteiger partial charge < -0.3 is 5.32 Å². The molecule has 0 amide bonds. The van der Waals surface area contributed by atoms with Crippen molar-refractivity contribution in [1.29, 1.82) is 0 Å². The van der Waals surface area contributed by atoms with Crippen molar-refractivity contribution in [2.45, 2.75) is 45.8 Å². The molecular weight excluding hydrogens is 258 g/mol. The number of rotatable bonds is 3. The van der Waals surface area contributed by atoms with E-state index in [9.17, 15) is 8.78 Å². The maximum absolute atomic E-state index is 13.3. The Bertz CT molecular complexity index is 428. The van der Waals surface area contributed by atoms with Crippen molar-refractivity contribution < 1.29 is 8.78 Å². The van der Waals surface area contributed by atoms with Crippen LogP contribution in [0.3, 0.4) is 0 Å². The van der Waals surface area contributed by atoms with Gasteiger partial charge in [0.25, 0.3) is 0 Å². The van der Waals surface area contributed by atoms with Gasteiger partial charge in [-0.1, -0.05) is 13.8 Å². The Labute approximate surface area is 120 Å². The van der Waals surface area contributed by atoms with Gasteiger partial charge in [0, 0.05) is 31.2 Å². The first kappa shape index (κ1) is 15.4. The van der Waals surface area contributed by atoms with Crippen LogP contribution in [0.4, 0.5) is 8.78 Å². The SMILES string of the molecule is CC(C)C1CN(Cc2cc(F)cc(F)c2)C(C)CCN1. The van der Waals surface area contributed by atoms with E-state index in [-0.39, 0.29) is 0 Å². The summed E-state index contributed by atoms with van der Waals surface area (Å²) in [6.07, 6.45) is 1.06. The van der Waals surface area contributed by atoms with Crippen LogP contribution in [-0.2, 0) is 6.54 Å². The molecule has 1 saturated heterocycles. The summed E-state index contributed by atoms with van der Waals surface area (Å²) in [5, 5.41) is 3.56. The van der Waals surface area contributed by atoms with Gasteiger partial charge in [0.2, 0.25) is 0 Å². The third-order valence-electron chi connectivity index (χ3n) is 4.14. The molecule has 1 aliphatic heterocycles. The molecule has 1 N–H and O–H groups in total. The van der Waals surface area contributed by atoms with Crippen LogP contribution >= 0.6 is 0 Å². The molecule has 1 aromatic rings. The zero-order valence-corrected chi connectivity index (χ0v) is 12.5. The lowest BCUT2D eigenvalue weighted by Crippen LogP contribution is -2.42. The summed E-state index contributed by atoms with van der Waals surface area (Å²) in [6.45, 7) is 9.09. The molecule has 112 valence electrons. The summed E-state index contributed by atoms with van der Waals surface area (Å²) in [5.41, 5.74) is 0.707. The number of nitrogens with one attached hydrogen (secondary N) is 1. The fourth-order valence-corrected chi connectivity index (χ4v) is 2.76. The van der Waals surface area contributed by atoms with Gasteiger partial charge in [0.05, 0.1) is 0 Å². The van der Waals surface area contributed by atoms with Gasteiger partial charge >= 0.3 is 0 Å². The molecule has 0 saturated carbocycles. The largest absolute Gasteiger partial charge is 0.312 e. The van der Waals surface area contributed by atoms with Crippen LogP contribution < -0.4 is 5.32 Å². The van der Waals surface area contributed by atoms with Gasteiger partial charge in [-0.3, -0.25) is 4.90 Å². The molecule has 0 aromatic heterocycles. The topological polar surface area (TPSA) is 15.3 Å². The van der Waals surface area contributed by atoms with Crippen LogP contribution in [-0.4, -0.2) is 30.1 Å². The molecule has 2 atom stereocenters. The minimum atomic E-state index is -0.499. The molecule has 2 nitrogen and oxygen atoms in total. The van der Waals surface area contributed by atoms with Gasteiger partial charge in [-0.2, -0.15) is 0 Å². The molecule has 20 heavy (non-hydrogen) atoms. The third-order valence-corrected chi connectivity index (χ3v) is 4.14. The lowest BCUT2D eigenvalue weighted by atomic mass is 10.0. The number of hydrogen-bond acceptors (Lipinski definition) is 2. The zero-order chi connectivity index (χ0) is 14.7. The fraction of sp³-hybridized carbons (Fsp3) is 0.625. The predicted octanol–water partition coefficient (Wildman–Crippen LogP) is 3.17. The van der Waals surface area contributed by atoms with Gasteiger partial charge in [0.1, 0.15) is 11.6 Å². The Morgan fingerprint density at radius 2 is 1.90 bits per heavy atom. The van der Waals surface area contributed by atoms with Crippen molar-refractivity contribution in [2.75, 3.05) is 13.1 Å². The van der Waals surface area contributed by atoms with Gasteiger partial charge in [-0.15, -0.1) is 0 Å². The van der Waals surface area contributed by atoms with Crippen LogP contribution in [0, 0.1) is 17.6 Å². The quantitative estimate of drug-likeness (QED) is 0.916. The number of hydrogen-bond donors (Lipinski definition) is 1. The van der Waals surface area contributed by atoms with Crippen LogP contribution in [0.5, 0.6) is 0 Å². The Hall–Kier alpha value is -1.00. The molecule has 1 heterocycles. The minimum Gasteiger partial charge on any atom is -0.312 e. The molecule has 2 rings (SSSR count). The number of benzene rings is 1. The Morgan fingerprint density at radius 3 is 2.50 bits per heavy atom. The number of nitrogens with zero attached hydrogens (tertiary/aromatic N) is 1. The van der Waals surface area contributed by atoms with Gasteiger partial charge in [-0.05, 0) is 43.5 Å². The lowest BCUT2D eigenvalue weighted by Gasteiger charge is -2.30. The van der Waals surface area contributed by atoms with E-state index in [4.69, 9.17) is 0 Å². The van der Waals surface area contributed by atoms with Gasteiger partial charge in [-0.25, -0.2) is 8.78 Å². The lowest BCUT2D eigenvalue weighted by molar-refractivity contribution is 0.183. The molecule has 1 aromatic carbocycles. The highest BCUT2D eigenvalue weighted by molar-refractivity contribution is 5.18. The molecule has 2 unspecified atom stereocenters. The second-order valence-electron chi connectivity index (χ2n) is 6.15. The minimum absolute atomic E-state index is 0.414. The van der Waals surface area contributed by atoms with Crippen LogP contribution in [0.2, 0.25) is 0 Å². The van der Waals surface area contributed by atoms with E-state index in [1.165, 1.54) is 12.1 Å². The third kappa shape index (κ3) is 4.00. The molecule has 0 radical (unpaired) electrons. The first-order valence-corrected chi connectivity index (χ1v) is 7.38. The smallest absolute Gasteiger partial charge is 0.126 e. The fourth-order valence-electron chi connectivity index (χ4n) is 2.76. The van der Waals surface area contributed by atoms with Crippen molar-refractivity contribution in [3.8, 4) is 0 Å². The summed E-state index contributed by atoms with van der Waals surface area (Å²) < 4.78 is 26.6. The second kappa shape index (κ2) is 6.64. The van der Waals surface area contributed by atoms with E-state index in [1.54, 1.807) is 0 Å². The zero-order valence-electron chi connectivity index (χ0n) is 12.5. The average Bonchev–Trinajstić information content (AvgIpc) is 2.51. The van der Waals surface area contributed by atoms with E-state index in [0.717, 1.165) is 25.6 Å². The highest BCUT2D eigenvalue weighted by Gasteiger charge is 2.24. The Morgan fingerprint density at radius 1 is 1.25 bits per heavy atom. The standard InChI is InChI=1S/C16H24F2N2/c1-11(2)16-10-20(12(3)4-5-19-16)9-13-6-14(17)8-15(18)7-13/h6-8,11-12,16,19H,4-5,9-10H2,1-3H3. The first-order valence-electron chi connectivity index (χ1n) is 7.38. The van der Waals surface area contributed by atoms with Crippen LogP contribution in [0.1, 0.15) is 32.8 Å². The van der Waals surface area contributed by atoms with Crippen molar-refractivity contribution in [2.24, 2.45) is 5.92 Å². The predicted molar refractivity (Wildman–Crippen MR) is 77.5 cm³/mol. The van der Waals surface area contributed by atoms with Crippen LogP contribution in [0.15, 0.2) is 18.2 Å².